The highest BCUT2D eigenvalue weighted by Crippen LogP contribution is 2.16. The van der Waals surface area contributed by atoms with Gasteiger partial charge in [-0.3, -0.25) is 9.59 Å². The van der Waals surface area contributed by atoms with Crippen LogP contribution in [0.2, 0.25) is 0 Å². The molecule has 0 spiro atoms. The van der Waals surface area contributed by atoms with Gasteiger partial charge in [0.2, 0.25) is 11.8 Å². The van der Waals surface area contributed by atoms with E-state index in [0.717, 1.165) is 42.8 Å². The maximum absolute atomic E-state index is 12.1. The van der Waals surface area contributed by atoms with Crippen molar-refractivity contribution in [3.63, 3.8) is 0 Å². The number of piperazine rings is 1. The highest BCUT2D eigenvalue weighted by atomic mass is 79.9. The van der Waals surface area contributed by atoms with Crippen molar-refractivity contribution in [2.45, 2.75) is 13.3 Å². The summed E-state index contributed by atoms with van der Waals surface area (Å²) in [4.78, 5) is 28.2. The Bertz CT molecular complexity index is 528. The number of likely N-dealkylation sites (N-methyl/N-ethyl adjacent to an activating group) is 1. The van der Waals surface area contributed by atoms with Crippen LogP contribution in [0.4, 0.5) is 0 Å². The summed E-state index contributed by atoms with van der Waals surface area (Å²) in [5.74, 6) is -0.135. The Morgan fingerprint density at radius 1 is 1.18 bits per heavy atom. The molecular formula is C16H22BrN3O2. The molecule has 1 heterocycles. The number of amides is 2. The maximum Gasteiger partial charge on any atom is 0.242 e. The van der Waals surface area contributed by atoms with Crippen LogP contribution >= 0.6 is 15.9 Å². The van der Waals surface area contributed by atoms with Crippen LogP contribution in [0.3, 0.4) is 0 Å². The molecule has 0 unspecified atom stereocenters. The molecule has 1 aromatic carbocycles. The number of halogens is 1. The van der Waals surface area contributed by atoms with Gasteiger partial charge in [0.1, 0.15) is 0 Å². The third kappa shape index (κ3) is 4.81. The van der Waals surface area contributed by atoms with E-state index in [0.29, 0.717) is 0 Å². The quantitative estimate of drug-likeness (QED) is 0.852. The molecule has 2 rings (SSSR count). The molecule has 120 valence electrons. The first-order chi connectivity index (χ1) is 10.6. The molecule has 1 aromatic rings. The molecule has 2 amide bonds. The highest BCUT2D eigenvalue weighted by molar-refractivity contribution is 9.10. The lowest BCUT2D eigenvalue weighted by atomic mass is 10.1. The minimum absolute atomic E-state index is 0.00349. The van der Waals surface area contributed by atoms with Gasteiger partial charge in [0, 0.05) is 30.7 Å². The fraction of sp³-hybridized carbons (Fsp3) is 0.500. The first kappa shape index (κ1) is 17.0. The van der Waals surface area contributed by atoms with Crippen molar-refractivity contribution < 1.29 is 9.59 Å². The third-order valence-corrected chi connectivity index (χ3v) is 4.69. The summed E-state index contributed by atoms with van der Waals surface area (Å²) in [7, 11) is 0. The molecule has 6 heteroatoms. The molecule has 0 saturated carbocycles. The van der Waals surface area contributed by atoms with Crippen molar-refractivity contribution in [3.8, 4) is 0 Å². The fourth-order valence-corrected chi connectivity index (χ4v) is 2.90. The number of hydrogen-bond acceptors (Lipinski definition) is 3. The summed E-state index contributed by atoms with van der Waals surface area (Å²) >= 11 is 3.42. The average molecular weight is 368 g/mol. The Labute approximate surface area is 139 Å². The van der Waals surface area contributed by atoms with Crippen molar-refractivity contribution in [3.05, 3.63) is 34.3 Å². The zero-order chi connectivity index (χ0) is 15.9. The molecule has 5 nitrogen and oxygen atoms in total. The van der Waals surface area contributed by atoms with Gasteiger partial charge in [0.15, 0.2) is 0 Å². The second kappa shape index (κ2) is 8.29. The van der Waals surface area contributed by atoms with Crippen LogP contribution in [0.15, 0.2) is 28.7 Å². The molecule has 22 heavy (non-hydrogen) atoms. The number of carbonyl (C=O) groups excluding carboxylic acids is 2. The second-order valence-corrected chi connectivity index (χ2v) is 6.21. The molecule has 1 aliphatic heterocycles. The minimum Gasteiger partial charge on any atom is -0.347 e. The van der Waals surface area contributed by atoms with Gasteiger partial charge in [-0.05, 0) is 18.2 Å². The first-order valence-electron chi connectivity index (χ1n) is 7.60. The average Bonchev–Trinajstić information content (AvgIpc) is 2.55. The van der Waals surface area contributed by atoms with Gasteiger partial charge in [-0.2, -0.15) is 0 Å². The molecular weight excluding hydrogens is 346 g/mol. The highest BCUT2D eigenvalue weighted by Gasteiger charge is 2.20. The number of hydrogen-bond donors (Lipinski definition) is 1. The van der Waals surface area contributed by atoms with Crippen LogP contribution in [-0.4, -0.2) is 60.9 Å². The molecule has 0 radical (unpaired) electrons. The van der Waals surface area contributed by atoms with Crippen molar-refractivity contribution in [2.24, 2.45) is 0 Å². The normalized spacial score (nSPS) is 15.6. The van der Waals surface area contributed by atoms with Crippen LogP contribution in [0.5, 0.6) is 0 Å². The van der Waals surface area contributed by atoms with Crippen molar-refractivity contribution >= 4 is 27.7 Å². The third-order valence-electron chi connectivity index (χ3n) is 3.92. The van der Waals surface area contributed by atoms with Crippen molar-refractivity contribution in [1.82, 2.24) is 15.1 Å². The lowest BCUT2D eigenvalue weighted by Crippen LogP contribution is -2.51. The van der Waals surface area contributed by atoms with Gasteiger partial charge in [0.25, 0.3) is 0 Å². The van der Waals surface area contributed by atoms with E-state index < -0.39 is 0 Å². The van der Waals surface area contributed by atoms with Crippen molar-refractivity contribution in [2.75, 3.05) is 39.3 Å². The number of rotatable bonds is 5. The second-order valence-electron chi connectivity index (χ2n) is 5.36. The summed E-state index contributed by atoms with van der Waals surface area (Å²) in [6.07, 6.45) is 0.276. The molecule has 0 aliphatic carbocycles. The standard InChI is InChI=1S/C16H22BrN3O2/c1-2-19-7-9-20(10-8-19)16(22)12-18-15(21)11-13-5-3-4-6-14(13)17/h3-6H,2,7-12H2,1H3,(H,18,21). The van der Waals surface area contributed by atoms with E-state index in [2.05, 4.69) is 33.1 Å². The van der Waals surface area contributed by atoms with Crippen LogP contribution in [-0.2, 0) is 16.0 Å². The van der Waals surface area contributed by atoms with E-state index in [-0.39, 0.29) is 24.8 Å². The largest absolute Gasteiger partial charge is 0.347 e. The lowest BCUT2D eigenvalue weighted by molar-refractivity contribution is -0.134. The summed E-state index contributed by atoms with van der Waals surface area (Å²) in [6.45, 7) is 6.53. The smallest absolute Gasteiger partial charge is 0.242 e. The Kier molecular flexibility index (Phi) is 6.39. The topological polar surface area (TPSA) is 52.6 Å². The van der Waals surface area contributed by atoms with Gasteiger partial charge in [0.05, 0.1) is 13.0 Å². The van der Waals surface area contributed by atoms with Crippen LogP contribution < -0.4 is 5.32 Å². The summed E-state index contributed by atoms with van der Waals surface area (Å²) < 4.78 is 0.909. The maximum atomic E-state index is 12.1. The lowest BCUT2D eigenvalue weighted by Gasteiger charge is -2.34. The van der Waals surface area contributed by atoms with Gasteiger partial charge in [-0.15, -0.1) is 0 Å². The molecule has 1 fully saturated rings. The number of carbonyl (C=O) groups is 2. The number of benzene rings is 1. The first-order valence-corrected chi connectivity index (χ1v) is 8.39. The van der Waals surface area contributed by atoms with Gasteiger partial charge in [-0.25, -0.2) is 0 Å². The Morgan fingerprint density at radius 2 is 1.86 bits per heavy atom. The van der Waals surface area contributed by atoms with Crippen LogP contribution in [0.25, 0.3) is 0 Å². The molecule has 0 bridgehead atoms. The van der Waals surface area contributed by atoms with Crippen LogP contribution in [0, 0.1) is 0 Å². The Balaban J connectivity index is 1.74. The molecule has 1 saturated heterocycles. The minimum atomic E-state index is -0.132. The van der Waals surface area contributed by atoms with E-state index in [4.69, 9.17) is 0 Å². The number of nitrogens with zero attached hydrogens (tertiary/aromatic N) is 2. The van der Waals surface area contributed by atoms with Crippen molar-refractivity contribution in [1.29, 1.82) is 0 Å². The van der Waals surface area contributed by atoms with E-state index in [1.54, 1.807) is 0 Å². The number of nitrogens with one attached hydrogen (secondary N) is 1. The van der Waals surface area contributed by atoms with Gasteiger partial charge >= 0.3 is 0 Å². The SMILES string of the molecule is CCN1CCN(C(=O)CNC(=O)Cc2ccccc2Br)CC1. The molecule has 1 N–H and O–H groups in total. The van der Waals surface area contributed by atoms with E-state index in [1.807, 2.05) is 29.2 Å². The van der Waals surface area contributed by atoms with Crippen LogP contribution in [0.1, 0.15) is 12.5 Å². The summed E-state index contributed by atoms with van der Waals surface area (Å²) in [5.41, 5.74) is 0.920. The zero-order valence-electron chi connectivity index (χ0n) is 12.8. The zero-order valence-corrected chi connectivity index (χ0v) is 14.4. The summed E-state index contributed by atoms with van der Waals surface area (Å²) in [5, 5.41) is 2.72. The fourth-order valence-electron chi connectivity index (χ4n) is 2.48. The van der Waals surface area contributed by atoms with Gasteiger partial charge in [-0.1, -0.05) is 41.1 Å². The monoisotopic (exact) mass is 367 g/mol. The van der Waals surface area contributed by atoms with E-state index >= 15 is 0 Å². The predicted octanol–water partition coefficient (Wildman–Crippen LogP) is 1.27. The predicted molar refractivity (Wildman–Crippen MR) is 89.5 cm³/mol. The Morgan fingerprint density at radius 3 is 2.50 bits per heavy atom. The molecule has 1 aliphatic rings. The van der Waals surface area contributed by atoms with E-state index in [1.165, 1.54) is 0 Å². The van der Waals surface area contributed by atoms with Gasteiger partial charge < -0.3 is 15.1 Å². The molecule has 0 atom stereocenters. The Hall–Kier alpha value is -1.40. The molecule has 0 aromatic heterocycles. The summed E-state index contributed by atoms with van der Waals surface area (Å²) in [6, 6.07) is 7.60. The van der Waals surface area contributed by atoms with E-state index in [9.17, 15) is 9.59 Å².